The molecule has 0 saturated heterocycles. The summed E-state index contributed by atoms with van der Waals surface area (Å²) in [7, 11) is 1.79. The van der Waals surface area contributed by atoms with Crippen LogP contribution in [-0.4, -0.2) is 34.5 Å². The van der Waals surface area contributed by atoms with Gasteiger partial charge in [-0.1, -0.05) is 35.5 Å². The maximum Gasteiger partial charge on any atom is 0.226 e. The van der Waals surface area contributed by atoms with E-state index in [2.05, 4.69) is 10.1 Å². The number of nitrogens with zero attached hydrogens (tertiary/aromatic N) is 2. The van der Waals surface area contributed by atoms with Gasteiger partial charge in [0, 0.05) is 48.2 Å². The van der Waals surface area contributed by atoms with Gasteiger partial charge in [-0.25, -0.2) is 4.39 Å². The van der Waals surface area contributed by atoms with Gasteiger partial charge in [0.15, 0.2) is 0 Å². The average molecular weight is 405 g/mol. The molecule has 0 aliphatic carbocycles. The van der Waals surface area contributed by atoms with Crippen LogP contribution in [0.15, 0.2) is 59.1 Å². The maximum absolute atomic E-state index is 13.6. The van der Waals surface area contributed by atoms with Gasteiger partial charge in [0.2, 0.25) is 5.91 Å². The van der Waals surface area contributed by atoms with Crippen LogP contribution in [0.25, 0.3) is 22.2 Å². The molecule has 0 spiro atoms. The summed E-state index contributed by atoms with van der Waals surface area (Å²) in [5, 5.41) is 4.89. The van der Waals surface area contributed by atoms with E-state index in [4.69, 9.17) is 4.52 Å². The van der Waals surface area contributed by atoms with Crippen molar-refractivity contribution in [1.82, 2.24) is 15.0 Å². The first-order valence-electron chi connectivity index (χ1n) is 10.0. The maximum atomic E-state index is 13.6. The molecule has 0 aliphatic rings. The zero-order valence-electron chi connectivity index (χ0n) is 17.1. The summed E-state index contributed by atoms with van der Waals surface area (Å²) in [4.78, 5) is 17.6. The number of H-pyrrole nitrogens is 1. The molecule has 6 heteroatoms. The lowest BCUT2D eigenvalue weighted by molar-refractivity contribution is -0.129. The van der Waals surface area contributed by atoms with Gasteiger partial charge in [0.1, 0.15) is 17.3 Å². The van der Waals surface area contributed by atoms with E-state index >= 15 is 0 Å². The Bertz CT molecular complexity index is 1160. The van der Waals surface area contributed by atoms with Gasteiger partial charge in [0.05, 0.1) is 6.42 Å². The third kappa shape index (κ3) is 4.27. The van der Waals surface area contributed by atoms with Crippen molar-refractivity contribution in [2.45, 2.75) is 26.2 Å². The zero-order chi connectivity index (χ0) is 21.1. The van der Waals surface area contributed by atoms with Crippen LogP contribution in [0.3, 0.4) is 0 Å². The summed E-state index contributed by atoms with van der Waals surface area (Å²) in [6, 6.07) is 16.4. The molecule has 0 saturated carbocycles. The van der Waals surface area contributed by atoms with Crippen LogP contribution in [0.2, 0.25) is 0 Å². The molecule has 5 nitrogen and oxygen atoms in total. The lowest BCUT2D eigenvalue weighted by Crippen LogP contribution is -2.29. The number of halogens is 1. The SMILES string of the molecule is Cc1[nH]c2ccc(F)cc2c1CC(=O)N(C)CCCc1cc(-c2ccccc2)no1. The number of likely N-dealkylation sites (N-methyl/N-ethyl adjacent to an activating group) is 1. The van der Waals surface area contributed by atoms with Gasteiger partial charge in [-0.3, -0.25) is 4.79 Å². The standard InChI is InChI=1S/C24H24FN3O2/c1-16-20(21-13-18(25)10-11-22(21)26-16)15-24(29)28(2)12-6-9-19-14-23(27-30-19)17-7-4-3-5-8-17/h3-5,7-8,10-11,13-14,26H,6,9,12,15H2,1-2H3. The quantitative estimate of drug-likeness (QED) is 0.475. The van der Waals surface area contributed by atoms with Crippen molar-refractivity contribution >= 4 is 16.8 Å². The highest BCUT2D eigenvalue weighted by Gasteiger charge is 2.16. The van der Waals surface area contributed by atoms with Crippen LogP contribution in [0, 0.1) is 12.7 Å². The number of nitrogens with one attached hydrogen (secondary N) is 1. The second-order valence-electron chi connectivity index (χ2n) is 7.56. The van der Waals surface area contributed by atoms with E-state index in [9.17, 15) is 9.18 Å². The fourth-order valence-electron chi connectivity index (χ4n) is 3.66. The Morgan fingerprint density at radius 3 is 2.77 bits per heavy atom. The van der Waals surface area contributed by atoms with Crippen LogP contribution in [0.4, 0.5) is 4.39 Å². The molecule has 30 heavy (non-hydrogen) atoms. The minimum atomic E-state index is -0.300. The average Bonchev–Trinajstić information content (AvgIpc) is 3.33. The number of carbonyl (C=O) groups excluding carboxylic acids is 1. The number of fused-ring (bicyclic) bond motifs is 1. The lowest BCUT2D eigenvalue weighted by Gasteiger charge is -2.17. The number of hydrogen-bond donors (Lipinski definition) is 1. The van der Waals surface area contributed by atoms with Crippen molar-refractivity contribution in [2.24, 2.45) is 0 Å². The third-order valence-electron chi connectivity index (χ3n) is 5.38. The summed E-state index contributed by atoms with van der Waals surface area (Å²) in [5.41, 5.74) is 4.43. The second kappa shape index (κ2) is 8.53. The highest BCUT2D eigenvalue weighted by molar-refractivity contribution is 5.90. The van der Waals surface area contributed by atoms with E-state index < -0.39 is 0 Å². The predicted molar refractivity (Wildman–Crippen MR) is 115 cm³/mol. The van der Waals surface area contributed by atoms with E-state index in [0.29, 0.717) is 13.0 Å². The summed E-state index contributed by atoms with van der Waals surface area (Å²) >= 11 is 0. The van der Waals surface area contributed by atoms with Crippen LogP contribution in [0.5, 0.6) is 0 Å². The number of benzene rings is 2. The van der Waals surface area contributed by atoms with Gasteiger partial charge in [0.25, 0.3) is 0 Å². The molecule has 2 aromatic heterocycles. The lowest BCUT2D eigenvalue weighted by atomic mass is 10.1. The van der Waals surface area contributed by atoms with Crippen LogP contribution in [-0.2, 0) is 17.6 Å². The third-order valence-corrected chi connectivity index (χ3v) is 5.38. The molecule has 0 radical (unpaired) electrons. The fourth-order valence-corrected chi connectivity index (χ4v) is 3.66. The number of hydrogen-bond acceptors (Lipinski definition) is 3. The van der Waals surface area contributed by atoms with Gasteiger partial charge in [-0.2, -0.15) is 0 Å². The molecule has 2 aromatic carbocycles. The molecule has 4 rings (SSSR count). The van der Waals surface area contributed by atoms with Crippen molar-refractivity contribution in [3.63, 3.8) is 0 Å². The van der Waals surface area contributed by atoms with Crippen LogP contribution < -0.4 is 0 Å². The van der Waals surface area contributed by atoms with Gasteiger partial charge in [-0.05, 0) is 37.1 Å². The first-order chi connectivity index (χ1) is 14.5. The Hall–Kier alpha value is -3.41. The van der Waals surface area contributed by atoms with Crippen molar-refractivity contribution in [1.29, 1.82) is 0 Å². The van der Waals surface area contributed by atoms with E-state index in [1.54, 1.807) is 18.0 Å². The number of rotatable bonds is 7. The van der Waals surface area contributed by atoms with Crippen molar-refractivity contribution in [3.05, 3.63) is 77.4 Å². The van der Waals surface area contributed by atoms with Crippen molar-refractivity contribution in [2.75, 3.05) is 13.6 Å². The Balaban J connectivity index is 1.33. The minimum Gasteiger partial charge on any atom is -0.361 e. The van der Waals surface area contributed by atoms with E-state index in [1.165, 1.54) is 12.1 Å². The normalized spacial score (nSPS) is 11.2. The number of amides is 1. The first-order valence-corrected chi connectivity index (χ1v) is 10.0. The molecule has 154 valence electrons. The van der Waals surface area contributed by atoms with E-state index in [0.717, 1.165) is 45.6 Å². The molecule has 0 unspecified atom stereocenters. The fraction of sp³-hybridized carbons (Fsp3) is 0.250. The molecular weight excluding hydrogens is 381 g/mol. The summed E-state index contributed by atoms with van der Waals surface area (Å²) in [6.07, 6.45) is 1.72. The molecule has 1 amide bonds. The molecule has 0 aliphatic heterocycles. The van der Waals surface area contributed by atoms with E-state index in [1.807, 2.05) is 43.3 Å². The largest absolute Gasteiger partial charge is 0.361 e. The summed E-state index contributed by atoms with van der Waals surface area (Å²) in [5.74, 6) is 0.508. The van der Waals surface area contributed by atoms with Gasteiger partial charge < -0.3 is 14.4 Å². The van der Waals surface area contributed by atoms with Crippen molar-refractivity contribution in [3.8, 4) is 11.3 Å². The molecule has 4 aromatic rings. The van der Waals surface area contributed by atoms with Gasteiger partial charge >= 0.3 is 0 Å². The first kappa shape index (κ1) is 19.9. The molecule has 0 atom stereocenters. The Labute approximate surface area is 174 Å². The molecule has 2 heterocycles. The molecule has 0 bridgehead atoms. The minimum absolute atomic E-state index is 0.00538. The van der Waals surface area contributed by atoms with Crippen LogP contribution >= 0.6 is 0 Å². The van der Waals surface area contributed by atoms with Crippen LogP contribution in [0.1, 0.15) is 23.4 Å². The van der Waals surface area contributed by atoms with Gasteiger partial charge in [-0.15, -0.1) is 0 Å². The molecule has 0 fully saturated rings. The molecular formula is C24H24FN3O2. The number of aromatic amines is 1. The number of aromatic nitrogens is 2. The van der Waals surface area contributed by atoms with E-state index in [-0.39, 0.29) is 18.1 Å². The number of aryl methyl sites for hydroxylation is 2. The topological polar surface area (TPSA) is 62.1 Å². The summed E-state index contributed by atoms with van der Waals surface area (Å²) < 4.78 is 19.1. The Morgan fingerprint density at radius 2 is 1.97 bits per heavy atom. The Kier molecular flexibility index (Phi) is 5.65. The second-order valence-corrected chi connectivity index (χ2v) is 7.56. The summed E-state index contributed by atoms with van der Waals surface area (Å²) in [6.45, 7) is 2.52. The highest BCUT2D eigenvalue weighted by atomic mass is 19.1. The highest BCUT2D eigenvalue weighted by Crippen LogP contribution is 2.24. The predicted octanol–water partition coefficient (Wildman–Crippen LogP) is 4.90. The molecule has 1 N–H and O–H groups in total. The monoisotopic (exact) mass is 405 g/mol. The Morgan fingerprint density at radius 1 is 1.17 bits per heavy atom. The number of carbonyl (C=O) groups is 1. The smallest absolute Gasteiger partial charge is 0.226 e. The zero-order valence-corrected chi connectivity index (χ0v) is 17.1. The van der Waals surface area contributed by atoms with Crippen molar-refractivity contribution < 1.29 is 13.7 Å².